The molecule has 31 heavy (non-hydrogen) atoms. The SMILES string of the molecule is COc1cccc(NC(=O)[C@H](c2ccccc2)[NH+](C)CC(=O)Nc2ccc(F)cc2)c1. The third kappa shape index (κ3) is 6.13. The summed E-state index contributed by atoms with van der Waals surface area (Å²) < 4.78 is 18.3. The van der Waals surface area contributed by atoms with Crippen molar-refractivity contribution >= 4 is 23.2 Å². The van der Waals surface area contributed by atoms with E-state index in [0.29, 0.717) is 22.0 Å². The summed E-state index contributed by atoms with van der Waals surface area (Å²) in [5, 5.41) is 5.65. The molecule has 3 aromatic rings. The molecule has 0 spiro atoms. The monoisotopic (exact) mass is 422 g/mol. The lowest BCUT2D eigenvalue weighted by atomic mass is 10.0. The van der Waals surface area contributed by atoms with E-state index >= 15 is 0 Å². The van der Waals surface area contributed by atoms with E-state index in [1.54, 1.807) is 38.4 Å². The van der Waals surface area contributed by atoms with Crippen molar-refractivity contribution in [1.82, 2.24) is 0 Å². The summed E-state index contributed by atoms with van der Waals surface area (Å²) in [7, 11) is 3.35. The van der Waals surface area contributed by atoms with Crippen LogP contribution in [0.15, 0.2) is 78.9 Å². The zero-order valence-corrected chi connectivity index (χ0v) is 17.4. The van der Waals surface area contributed by atoms with Crippen LogP contribution in [0.5, 0.6) is 5.75 Å². The van der Waals surface area contributed by atoms with Crippen molar-refractivity contribution < 1.29 is 23.6 Å². The van der Waals surface area contributed by atoms with Gasteiger partial charge < -0.3 is 20.3 Å². The molecule has 0 aromatic heterocycles. The summed E-state index contributed by atoms with van der Waals surface area (Å²) >= 11 is 0. The maximum absolute atomic E-state index is 13.2. The molecule has 0 saturated heterocycles. The van der Waals surface area contributed by atoms with Crippen LogP contribution in [0.25, 0.3) is 0 Å². The van der Waals surface area contributed by atoms with Gasteiger partial charge in [0, 0.05) is 23.0 Å². The van der Waals surface area contributed by atoms with Gasteiger partial charge in [-0.25, -0.2) is 4.39 Å². The number of methoxy groups -OCH3 is 1. The maximum Gasteiger partial charge on any atom is 0.287 e. The molecule has 0 heterocycles. The van der Waals surface area contributed by atoms with Gasteiger partial charge in [-0.3, -0.25) is 9.59 Å². The number of halogens is 1. The third-order valence-electron chi connectivity index (χ3n) is 4.79. The lowest BCUT2D eigenvalue weighted by Gasteiger charge is -2.24. The highest BCUT2D eigenvalue weighted by Crippen LogP contribution is 2.19. The minimum absolute atomic E-state index is 0.0441. The Hall–Kier alpha value is -3.71. The minimum Gasteiger partial charge on any atom is -0.497 e. The van der Waals surface area contributed by atoms with Gasteiger partial charge in [-0.2, -0.15) is 0 Å². The van der Waals surface area contributed by atoms with Gasteiger partial charge in [-0.15, -0.1) is 0 Å². The summed E-state index contributed by atoms with van der Waals surface area (Å²) in [6.45, 7) is 0.0441. The average Bonchev–Trinajstić information content (AvgIpc) is 2.76. The van der Waals surface area contributed by atoms with Crippen molar-refractivity contribution in [1.29, 1.82) is 0 Å². The van der Waals surface area contributed by atoms with Crippen LogP contribution in [0.4, 0.5) is 15.8 Å². The Labute approximate surface area is 180 Å². The first kappa shape index (κ1) is 22.0. The molecule has 0 aliphatic rings. The number of ether oxygens (including phenoxy) is 1. The van der Waals surface area contributed by atoms with Crippen molar-refractivity contribution in [3.8, 4) is 5.75 Å². The van der Waals surface area contributed by atoms with Crippen LogP contribution in [0.3, 0.4) is 0 Å². The number of rotatable bonds is 8. The number of likely N-dealkylation sites (N-methyl/N-ethyl adjacent to an activating group) is 1. The van der Waals surface area contributed by atoms with Crippen LogP contribution in [-0.4, -0.2) is 32.5 Å². The highest BCUT2D eigenvalue weighted by Gasteiger charge is 2.30. The molecule has 0 bridgehead atoms. The van der Waals surface area contributed by atoms with Gasteiger partial charge in [0.25, 0.3) is 11.8 Å². The van der Waals surface area contributed by atoms with Crippen LogP contribution in [0, 0.1) is 5.82 Å². The topological polar surface area (TPSA) is 71.9 Å². The molecule has 3 aromatic carbocycles. The van der Waals surface area contributed by atoms with Gasteiger partial charge in [0.05, 0.1) is 14.2 Å². The normalized spacial score (nSPS) is 12.5. The predicted octanol–water partition coefficient (Wildman–Crippen LogP) is 2.67. The minimum atomic E-state index is -0.619. The fraction of sp³-hybridized carbons (Fsp3) is 0.167. The second kappa shape index (κ2) is 10.4. The van der Waals surface area contributed by atoms with Crippen LogP contribution >= 0.6 is 0 Å². The molecular formula is C24H25FN3O3+. The number of carbonyl (C=O) groups is 2. The lowest BCUT2D eigenvalue weighted by molar-refractivity contribution is -0.893. The Kier molecular flexibility index (Phi) is 7.35. The molecular weight excluding hydrogens is 397 g/mol. The lowest BCUT2D eigenvalue weighted by Crippen LogP contribution is -3.11. The molecule has 2 amide bonds. The zero-order chi connectivity index (χ0) is 22.2. The summed E-state index contributed by atoms with van der Waals surface area (Å²) in [6, 6.07) is 21.3. The zero-order valence-electron chi connectivity index (χ0n) is 17.4. The smallest absolute Gasteiger partial charge is 0.287 e. The molecule has 0 fully saturated rings. The number of carbonyl (C=O) groups excluding carboxylic acids is 2. The van der Waals surface area contributed by atoms with Gasteiger partial charge in [-0.1, -0.05) is 36.4 Å². The Morgan fingerprint density at radius 2 is 1.65 bits per heavy atom. The molecule has 0 radical (unpaired) electrons. The van der Waals surface area contributed by atoms with Gasteiger partial charge in [0.15, 0.2) is 12.6 Å². The quantitative estimate of drug-likeness (QED) is 0.523. The molecule has 160 valence electrons. The summed E-state index contributed by atoms with van der Waals surface area (Å²) in [5.74, 6) is -0.265. The number of hydrogen-bond donors (Lipinski definition) is 3. The fourth-order valence-corrected chi connectivity index (χ4v) is 3.31. The summed E-state index contributed by atoms with van der Waals surface area (Å²) in [4.78, 5) is 26.4. The fourth-order valence-electron chi connectivity index (χ4n) is 3.31. The Morgan fingerprint density at radius 3 is 2.32 bits per heavy atom. The molecule has 1 unspecified atom stereocenters. The summed E-state index contributed by atoms with van der Waals surface area (Å²) in [6.07, 6.45) is 0. The highest BCUT2D eigenvalue weighted by atomic mass is 19.1. The first-order chi connectivity index (χ1) is 15.0. The number of amides is 2. The molecule has 7 heteroatoms. The van der Waals surface area contributed by atoms with E-state index in [-0.39, 0.29) is 24.2 Å². The maximum atomic E-state index is 13.2. The van der Waals surface area contributed by atoms with Crippen LogP contribution in [0.2, 0.25) is 0 Å². The second-order valence-electron chi connectivity index (χ2n) is 7.14. The van der Waals surface area contributed by atoms with Crippen LogP contribution < -0.4 is 20.3 Å². The molecule has 3 N–H and O–H groups in total. The standard InChI is InChI=1S/C24H24FN3O3/c1-28(16-22(29)26-19-13-11-18(25)12-14-19)23(17-7-4-3-5-8-17)24(30)27-20-9-6-10-21(15-20)31-2/h3-15,23H,16H2,1-2H3,(H,26,29)(H,27,30)/p+1/t23-/m0/s1. The number of hydrogen-bond acceptors (Lipinski definition) is 3. The van der Waals surface area contributed by atoms with Gasteiger partial charge in [0.2, 0.25) is 0 Å². The van der Waals surface area contributed by atoms with Gasteiger partial charge in [0.1, 0.15) is 11.6 Å². The molecule has 2 atom stereocenters. The van der Waals surface area contributed by atoms with E-state index < -0.39 is 6.04 Å². The number of anilines is 2. The molecule has 0 aliphatic carbocycles. The Morgan fingerprint density at radius 1 is 0.935 bits per heavy atom. The summed E-state index contributed by atoms with van der Waals surface area (Å²) in [5.41, 5.74) is 1.89. The van der Waals surface area contributed by atoms with Crippen LogP contribution in [0.1, 0.15) is 11.6 Å². The van der Waals surface area contributed by atoms with E-state index in [4.69, 9.17) is 4.74 Å². The van der Waals surface area contributed by atoms with Crippen molar-refractivity contribution in [2.75, 3.05) is 31.3 Å². The molecule has 0 saturated carbocycles. The Bertz CT molecular complexity index is 1030. The van der Waals surface area contributed by atoms with E-state index in [1.807, 2.05) is 30.3 Å². The third-order valence-corrected chi connectivity index (χ3v) is 4.79. The largest absolute Gasteiger partial charge is 0.497 e. The predicted molar refractivity (Wildman–Crippen MR) is 118 cm³/mol. The number of nitrogens with one attached hydrogen (secondary N) is 3. The van der Waals surface area contributed by atoms with Crippen molar-refractivity contribution in [2.24, 2.45) is 0 Å². The van der Waals surface area contributed by atoms with Crippen molar-refractivity contribution in [3.05, 3.63) is 90.2 Å². The molecule has 6 nitrogen and oxygen atoms in total. The first-order valence-electron chi connectivity index (χ1n) is 9.84. The number of benzene rings is 3. The first-order valence-corrected chi connectivity index (χ1v) is 9.84. The van der Waals surface area contributed by atoms with E-state index in [2.05, 4.69) is 10.6 Å². The van der Waals surface area contributed by atoms with Gasteiger partial charge >= 0.3 is 0 Å². The Balaban J connectivity index is 1.75. The van der Waals surface area contributed by atoms with E-state index in [1.165, 1.54) is 24.3 Å². The van der Waals surface area contributed by atoms with E-state index in [9.17, 15) is 14.0 Å². The van der Waals surface area contributed by atoms with Crippen molar-refractivity contribution in [3.63, 3.8) is 0 Å². The van der Waals surface area contributed by atoms with Crippen LogP contribution in [-0.2, 0) is 9.59 Å². The van der Waals surface area contributed by atoms with Crippen molar-refractivity contribution in [2.45, 2.75) is 6.04 Å². The number of quaternary nitrogens is 1. The average molecular weight is 422 g/mol. The highest BCUT2D eigenvalue weighted by molar-refractivity contribution is 5.95. The second-order valence-corrected chi connectivity index (χ2v) is 7.14. The van der Waals surface area contributed by atoms with E-state index in [0.717, 1.165) is 5.56 Å². The molecule has 0 aliphatic heterocycles. The van der Waals surface area contributed by atoms with Gasteiger partial charge in [-0.05, 0) is 36.4 Å². The molecule has 3 rings (SSSR count).